The number of para-hydroxylation sites is 1. The largest absolute Gasteiger partial charge is 0.467 e. The van der Waals surface area contributed by atoms with E-state index in [-0.39, 0.29) is 18.2 Å². The van der Waals surface area contributed by atoms with Crippen LogP contribution in [0.15, 0.2) is 24.3 Å². The van der Waals surface area contributed by atoms with E-state index in [4.69, 9.17) is 9.47 Å². The normalized spacial score (nSPS) is 35.5. The van der Waals surface area contributed by atoms with Crippen molar-refractivity contribution in [2.24, 2.45) is 5.41 Å². The SMILES string of the molecule is COC(=O)N1c2ccccc2[C@@]23CC(=O)C[C@]4(CCCN(C=O)[C@H]42)CC[C@@]13C(=O)OC. The van der Waals surface area contributed by atoms with Gasteiger partial charge in [0.15, 0.2) is 5.54 Å². The van der Waals surface area contributed by atoms with Gasteiger partial charge in [0.2, 0.25) is 6.41 Å². The quantitative estimate of drug-likeness (QED) is 0.532. The van der Waals surface area contributed by atoms with Crippen LogP contribution in [0.2, 0.25) is 0 Å². The van der Waals surface area contributed by atoms with E-state index in [1.165, 1.54) is 19.1 Å². The zero-order valence-corrected chi connectivity index (χ0v) is 17.8. The van der Waals surface area contributed by atoms with Crippen LogP contribution in [-0.4, -0.2) is 61.5 Å². The minimum Gasteiger partial charge on any atom is -0.467 e. The number of ether oxygens (including phenoxy) is 2. The average molecular weight is 426 g/mol. The number of piperidine rings is 1. The minimum absolute atomic E-state index is 0.0542. The van der Waals surface area contributed by atoms with E-state index in [9.17, 15) is 19.2 Å². The van der Waals surface area contributed by atoms with Crippen molar-refractivity contribution < 1.29 is 28.7 Å². The third-order valence-corrected chi connectivity index (χ3v) is 8.24. The second kappa shape index (κ2) is 6.55. The van der Waals surface area contributed by atoms with Crippen LogP contribution in [0.5, 0.6) is 0 Å². The molecule has 0 unspecified atom stereocenters. The molecule has 2 bridgehead atoms. The molecule has 4 aliphatic rings. The van der Waals surface area contributed by atoms with Crippen LogP contribution in [0, 0.1) is 5.41 Å². The predicted molar refractivity (Wildman–Crippen MR) is 109 cm³/mol. The average Bonchev–Trinajstić information content (AvgIpc) is 3.03. The molecular formula is C23H26N2O6. The van der Waals surface area contributed by atoms with Crippen LogP contribution >= 0.6 is 0 Å². The number of hydrogen-bond acceptors (Lipinski definition) is 6. The van der Waals surface area contributed by atoms with Crippen molar-refractivity contribution in [1.82, 2.24) is 4.90 Å². The fourth-order valence-corrected chi connectivity index (χ4v) is 7.49. The summed E-state index contributed by atoms with van der Waals surface area (Å²) in [5.74, 6) is -0.521. The Hall–Kier alpha value is -2.90. The number of ketones is 1. The first-order valence-corrected chi connectivity index (χ1v) is 10.7. The summed E-state index contributed by atoms with van der Waals surface area (Å²) in [6.45, 7) is 0.559. The van der Waals surface area contributed by atoms with Crippen LogP contribution in [0.1, 0.15) is 44.1 Å². The third-order valence-electron chi connectivity index (χ3n) is 8.24. The number of carbonyl (C=O) groups excluding carboxylic acids is 4. The van der Waals surface area contributed by atoms with E-state index in [0.717, 1.165) is 24.8 Å². The fourth-order valence-electron chi connectivity index (χ4n) is 7.49. The van der Waals surface area contributed by atoms with Crippen molar-refractivity contribution >= 4 is 29.9 Å². The molecule has 2 saturated carbocycles. The number of benzene rings is 1. The number of carbonyl (C=O) groups is 4. The topological polar surface area (TPSA) is 93.2 Å². The highest BCUT2D eigenvalue weighted by atomic mass is 16.5. The number of hydrogen-bond donors (Lipinski definition) is 0. The highest BCUT2D eigenvalue weighted by Crippen LogP contribution is 2.69. The number of likely N-dealkylation sites (tertiary alicyclic amines) is 1. The summed E-state index contributed by atoms with van der Waals surface area (Å²) >= 11 is 0. The summed E-state index contributed by atoms with van der Waals surface area (Å²) in [4.78, 5) is 55.5. The molecular weight excluding hydrogens is 400 g/mol. The summed E-state index contributed by atoms with van der Waals surface area (Å²) < 4.78 is 10.4. The van der Waals surface area contributed by atoms with Gasteiger partial charge in [-0.1, -0.05) is 18.2 Å². The number of amides is 2. The fraction of sp³-hybridized carbons (Fsp3) is 0.565. The zero-order valence-electron chi connectivity index (χ0n) is 17.8. The lowest BCUT2D eigenvalue weighted by atomic mass is 9.42. The number of Topliss-reactive ketones (excluding diaryl/α,β-unsaturated/α-hetero) is 1. The number of esters is 1. The van der Waals surface area contributed by atoms with Crippen LogP contribution in [-0.2, 0) is 29.3 Å². The molecule has 5 rings (SSSR count). The first-order chi connectivity index (χ1) is 14.9. The molecule has 1 aromatic rings. The first-order valence-electron chi connectivity index (χ1n) is 10.7. The molecule has 0 aromatic heterocycles. The van der Waals surface area contributed by atoms with Crippen LogP contribution in [0.4, 0.5) is 10.5 Å². The Morgan fingerprint density at radius 1 is 1.10 bits per heavy atom. The summed E-state index contributed by atoms with van der Waals surface area (Å²) in [7, 11) is 2.58. The molecule has 0 N–H and O–H groups in total. The van der Waals surface area contributed by atoms with Crippen LogP contribution in [0.3, 0.4) is 0 Å². The smallest absolute Gasteiger partial charge is 0.415 e. The molecule has 2 aliphatic carbocycles. The lowest BCUT2D eigenvalue weighted by Gasteiger charge is -2.66. The summed E-state index contributed by atoms with van der Waals surface area (Å²) in [6, 6.07) is 6.91. The van der Waals surface area contributed by atoms with Gasteiger partial charge in [0.05, 0.1) is 31.4 Å². The standard InChI is InChI=1S/C23H26N2O6/c1-30-19(28)23-10-9-21-8-5-11-24(14-26)18(21)22(23,13-15(27)12-21)16-6-3-4-7-17(16)25(23)20(29)31-2/h3-4,6-7,14,18H,5,8-13H2,1-2H3/t18-,21+,22+,23+/m1/s1. The molecule has 31 heavy (non-hydrogen) atoms. The monoisotopic (exact) mass is 426 g/mol. The van der Waals surface area contributed by atoms with Gasteiger partial charge in [0.1, 0.15) is 5.78 Å². The Morgan fingerprint density at radius 3 is 2.58 bits per heavy atom. The summed E-state index contributed by atoms with van der Waals surface area (Å²) in [5, 5.41) is 0. The molecule has 2 aliphatic heterocycles. The lowest BCUT2D eigenvalue weighted by molar-refractivity contribution is -0.175. The molecule has 3 fully saturated rings. The van der Waals surface area contributed by atoms with Gasteiger partial charge < -0.3 is 14.4 Å². The second-order valence-electron chi connectivity index (χ2n) is 9.25. The van der Waals surface area contributed by atoms with Crippen molar-refractivity contribution in [2.45, 2.75) is 55.5 Å². The molecule has 1 spiro atoms. The Balaban J connectivity index is 1.89. The van der Waals surface area contributed by atoms with Gasteiger partial charge in [0, 0.05) is 19.4 Å². The van der Waals surface area contributed by atoms with E-state index in [0.29, 0.717) is 31.5 Å². The van der Waals surface area contributed by atoms with E-state index in [1.807, 2.05) is 12.1 Å². The van der Waals surface area contributed by atoms with Crippen molar-refractivity contribution in [3.05, 3.63) is 29.8 Å². The van der Waals surface area contributed by atoms with Crippen LogP contribution in [0.25, 0.3) is 0 Å². The second-order valence-corrected chi connectivity index (χ2v) is 9.25. The molecule has 164 valence electrons. The van der Waals surface area contributed by atoms with Crippen molar-refractivity contribution in [2.75, 3.05) is 25.7 Å². The van der Waals surface area contributed by atoms with Crippen molar-refractivity contribution in [1.29, 1.82) is 0 Å². The van der Waals surface area contributed by atoms with Gasteiger partial charge in [-0.15, -0.1) is 0 Å². The van der Waals surface area contributed by atoms with E-state index < -0.39 is 28.4 Å². The Bertz CT molecular complexity index is 994. The van der Waals surface area contributed by atoms with E-state index >= 15 is 0 Å². The van der Waals surface area contributed by atoms with E-state index in [2.05, 4.69) is 0 Å². The van der Waals surface area contributed by atoms with Gasteiger partial charge in [-0.3, -0.25) is 14.5 Å². The number of rotatable bonds is 2. The maximum Gasteiger partial charge on any atom is 0.415 e. The van der Waals surface area contributed by atoms with Gasteiger partial charge >= 0.3 is 12.1 Å². The molecule has 8 heteroatoms. The lowest BCUT2D eigenvalue weighted by Crippen LogP contribution is -2.79. The maximum absolute atomic E-state index is 13.6. The summed E-state index contributed by atoms with van der Waals surface area (Å²) in [5.41, 5.74) is -1.67. The Kier molecular flexibility index (Phi) is 4.23. The molecule has 8 nitrogen and oxygen atoms in total. The number of nitrogens with zero attached hydrogens (tertiary/aromatic N) is 2. The third kappa shape index (κ3) is 2.15. The molecule has 1 aromatic carbocycles. The molecule has 4 atom stereocenters. The molecule has 2 amide bonds. The van der Waals surface area contributed by atoms with E-state index in [1.54, 1.807) is 17.0 Å². The highest BCUT2D eigenvalue weighted by molar-refractivity contribution is 6.06. The zero-order chi connectivity index (χ0) is 22.0. The number of anilines is 1. The van der Waals surface area contributed by atoms with Crippen molar-refractivity contribution in [3.63, 3.8) is 0 Å². The van der Waals surface area contributed by atoms with Crippen LogP contribution < -0.4 is 4.90 Å². The summed E-state index contributed by atoms with van der Waals surface area (Å²) in [6.07, 6.45) is 3.15. The van der Waals surface area contributed by atoms with Crippen molar-refractivity contribution in [3.8, 4) is 0 Å². The number of methoxy groups -OCH3 is 2. The molecule has 1 saturated heterocycles. The molecule has 2 heterocycles. The van der Waals surface area contributed by atoms with Gasteiger partial charge in [-0.25, -0.2) is 9.59 Å². The number of fused-ring (bicyclic) bond motifs is 1. The molecule has 0 radical (unpaired) electrons. The van der Waals surface area contributed by atoms with Gasteiger partial charge in [-0.05, 0) is 42.7 Å². The minimum atomic E-state index is -1.46. The Morgan fingerprint density at radius 2 is 1.87 bits per heavy atom. The Labute approximate surface area is 180 Å². The van der Waals surface area contributed by atoms with Gasteiger partial charge in [-0.2, -0.15) is 0 Å². The van der Waals surface area contributed by atoms with Gasteiger partial charge in [0.25, 0.3) is 0 Å². The predicted octanol–water partition coefficient (Wildman–Crippen LogP) is 2.19. The maximum atomic E-state index is 13.6. The highest BCUT2D eigenvalue weighted by Gasteiger charge is 2.79. The first kappa shape index (κ1) is 20.0.